The van der Waals surface area contributed by atoms with Gasteiger partial charge in [-0.05, 0) is 35.9 Å². The van der Waals surface area contributed by atoms with Gasteiger partial charge in [0.25, 0.3) is 0 Å². The molecular formula is C18H14ClFN4O. The van der Waals surface area contributed by atoms with Crippen molar-refractivity contribution in [2.24, 2.45) is 0 Å². The number of nitrogens with one attached hydrogen (secondary N) is 2. The molecule has 0 saturated carbocycles. The van der Waals surface area contributed by atoms with Crippen LogP contribution in [0, 0.1) is 5.82 Å². The Morgan fingerprint density at radius 3 is 2.40 bits per heavy atom. The SMILES string of the molecule is O=C(Cc1ccccc1)Nc1ccc(Nc2ccc(F)c(Cl)c2)nn1. The molecule has 126 valence electrons. The minimum Gasteiger partial charge on any atom is -0.339 e. The molecule has 25 heavy (non-hydrogen) atoms. The van der Waals surface area contributed by atoms with Crippen LogP contribution >= 0.6 is 11.6 Å². The smallest absolute Gasteiger partial charge is 0.229 e. The molecule has 0 aliphatic rings. The van der Waals surface area contributed by atoms with Crippen LogP contribution in [0.4, 0.5) is 21.7 Å². The number of halogens is 2. The molecule has 0 bridgehead atoms. The molecular weight excluding hydrogens is 343 g/mol. The van der Waals surface area contributed by atoms with Crippen molar-refractivity contribution in [3.05, 3.63) is 77.1 Å². The summed E-state index contributed by atoms with van der Waals surface area (Å²) in [5.41, 5.74) is 1.50. The van der Waals surface area contributed by atoms with E-state index in [9.17, 15) is 9.18 Å². The molecule has 3 rings (SSSR count). The van der Waals surface area contributed by atoms with Crippen LogP contribution in [-0.4, -0.2) is 16.1 Å². The van der Waals surface area contributed by atoms with Crippen LogP contribution in [0.15, 0.2) is 60.7 Å². The second-order valence-corrected chi connectivity index (χ2v) is 5.68. The first-order valence-electron chi connectivity index (χ1n) is 7.50. The van der Waals surface area contributed by atoms with Crippen molar-refractivity contribution < 1.29 is 9.18 Å². The standard InChI is InChI=1S/C18H14ClFN4O/c19-14-11-13(6-7-15(14)20)21-16-8-9-17(24-23-16)22-18(25)10-12-4-2-1-3-5-12/h1-9,11H,10H2,(H,21,23)(H,22,24,25). The highest BCUT2D eigenvalue weighted by atomic mass is 35.5. The maximum absolute atomic E-state index is 13.1. The number of rotatable bonds is 5. The first-order chi connectivity index (χ1) is 12.1. The number of benzene rings is 2. The highest BCUT2D eigenvalue weighted by Gasteiger charge is 2.06. The maximum atomic E-state index is 13.1. The fraction of sp³-hybridized carbons (Fsp3) is 0.0556. The number of hydrogen-bond donors (Lipinski definition) is 2. The van der Waals surface area contributed by atoms with E-state index in [4.69, 9.17) is 11.6 Å². The molecule has 1 heterocycles. The summed E-state index contributed by atoms with van der Waals surface area (Å²) in [6.07, 6.45) is 0.261. The van der Waals surface area contributed by atoms with E-state index in [1.165, 1.54) is 12.1 Å². The van der Waals surface area contributed by atoms with Gasteiger partial charge >= 0.3 is 0 Å². The normalized spacial score (nSPS) is 10.3. The summed E-state index contributed by atoms with van der Waals surface area (Å²) in [5, 5.41) is 13.6. The number of amides is 1. The Labute approximate surface area is 148 Å². The first kappa shape index (κ1) is 16.9. The zero-order chi connectivity index (χ0) is 17.6. The van der Waals surface area contributed by atoms with Crippen LogP contribution in [0.3, 0.4) is 0 Å². The molecule has 0 atom stereocenters. The Kier molecular flexibility index (Phi) is 5.20. The molecule has 1 aromatic heterocycles. The topological polar surface area (TPSA) is 66.9 Å². The molecule has 0 aliphatic carbocycles. The van der Waals surface area contributed by atoms with Crippen LogP contribution in [0.1, 0.15) is 5.56 Å². The molecule has 0 saturated heterocycles. The fourth-order valence-corrected chi connectivity index (χ4v) is 2.34. The molecule has 2 aromatic carbocycles. The second kappa shape index (κ2) is 7.72. The van der Waals surface area contributed by atoms with Crippen LogP contribution < -0.4 is 10.6 Å². The predicted molar refractivity (Wildman–Crippen MR) is 95.5 cm³/mol. The monoisotopic (exact) mass is 356 g/mol. The number of anilines is 3. The second-order valence-electron chi connectivity index (χ2n) is 5.27. The van der Waals surface area contributed by atoms with E-state index in [-0.39, 0.29) is 17.4 Å². The van der Waals surface area contributed by atoms with Gasteiger partial charge in [0, 0.05) is 5.69 Å². The number of aromatic nitrogens is 2. The van der Waals surface area contributed by atoms with E-state index in [1.807, 2.05) is 30.3 Å². The van der Waals surface area contributed by atoms with Gasteiger partial charge in [-0.25, -0.2) is 4.39 Å². The zero-order valence-corrected chi connectivity index (χ0v) is 13.8. The van der Waals surface area contributed by atoms with Crippen LogP contribution in [0.5, 0.6) is 0 Å². The lowest BCUT2D eigenvalue weighted by molar-refractivity contribution is -0.115. The Morgan fingerprint density at radius 1 is 1.00 bits per heavy atom. The summed E-state index contributed by atoms with van der Waals surface area (Å²) in [6.45, 7) is 0. The molecule has 5 nitrogen and oxygen atoms in total. The Morgan fingerprint density at radius 2 is 1.72 bits per heavy atom. The fourth-order valence-electron chi connectivity index (χ4n) is 2.16. The van der Waals surface area contributed by atoms with Gasteiger partial charge in [0.05, 0.1) is 11.4 Å². The minimum atomic E-state index is -0.491. The first-order valence-corrected chi connectivity index (χ1v) is 7.87. The molecule has 2 N–H and O–H groups in total. The lowest BCUT2D eigenvalue weighted by Crippen LogP contribution is -2.15. The van der Waals surface area contributed by atoms with Crippen molar-refractivity contribution in [1.82, 2.24) is 10.2 Å². The number of hydrogen-bond acceptors (Lipinski definition) is 4. The van der Waals surface area contributed by atoms with E-state index in [2.05, 4.69) is 20.8 Å². The van der Waals surface area contributed by atoms with Gasteiger partial charge in [0.15, 0.2) is 11.6 Å². The van der Waals surface area contributed by atoms with Gasteiger partial charge < -0.3 is 10.6 Å². The molecule has 0 radical (unpaired) electrons. The van der Waals surface area contributed by atoms with Gasteiger partial charge in [-0.3, -0.25) is 4.79 Å². The van der Waals surface area contributed by atoms with E-state index in [1.54, 1.807) is 18.2 Å². The largest absolute Gasteiger partial charge is 0.339 e. The van der Waals surface area contributed by atoms with E-state index in [0.717, 1.165) is 5.56 Å². The third-order valence-corrected chi connectivity index (χ3v) is 3.62. The molecule has 3 aromatic rings. The van der Waals surface area contributed by atoms with Crippen molar-refractivity contribution in [1.29, 1.82) is 0 Å². The zero-order valence-electron chi connectivity index (χ0n) is 13.0. The summed E-state index contributed by atoms with van der Waals surface area (Å²) in [6, 6.07) is 17.0. The van der Waals surface area contributed by atoms with E-state index >= 15 is 0 Å². The third kappa shape index (κ3) is 4.74. The lowest BCUT2D eigenvalue weighted by atomic mass is 10.1. The van der Waals surface area contributed by atoms with E-state index in [0.29, 0.717) is 17.3 Å². The highest BCUT2D eigenvalue weighted by molar-refractivity contribution is 6.31. The molecule has 0 aliphatic heterocycles. The van der Waals surface area contributed by atoms with Crippen molar-refractivity contribution >= 4 is 34.8 Å². The average molecular weight is 357 g/mol. The molecule has 0 unspecified atom stereocenters. The van der Waals surface area contributed by atoms with Crippen molar-refractivity contribution in [3.8, 4) is 0 Å². The van der Waals surface area contributed by atoms with Gasteiger partial charge in [0.2, 0.25) is 5.91 Å². The van der Waals surface area contributed by atoms with Crippen molar-refractivity contribution in [2.45, 2.75) is 6.42 Å². The summed E-state index contributed by atoms with van der Waals surface area (Å²) in [7, 11) is 0. The summed E-state index contributed by atoms with van der Waals surface area (Å²) >= 11 is 5.73. The van der Waals surface area contributed by atoms with Crippen LogP contribution in [-0.2, 0) is 11.2 Å². The summed E-state index contributed by atoms with van der Waals surface area (Å²) in [4.78, 5) is 12.0. The minimum absolute atomic E-state index is 0.0164. The average Bonchev–Trinajstić information content (AvgIpc) is 2.61. The maximum Gasteiger partial charge on any atom is 0.229 e. The van der Waals surface area contributed by atoms with Gasteiger partial charge in [-0.1, -0.05) is 41.9 Å². The molecule has 0 fully saturated rings. The highest BCUT2D eigenvalue weighted by Crippen LogP contribution is 2.21. The molecule has 1 amide bonds. The molecule has 7 heteroatoms. The van der Waals surface area contributed by atoms with Gasteiger partial charge in [-0.15, -0.1) is 10.2 Å². The number of carbonyl (C=O) groups excluding carboxylic acids is 1. The van der Waals surface area contributed by atoms with Gasteiger partial charge in [0.1, 0.15) is 5.82 Å². The third-order valence-electron chi connectivity index (χ3n) is 3.33. The quantitative estimate of drug-likeness (QED) is 0.719. The number of carbonyl (C=O) groups is 1. The van der Waals surface area contributed by atoms with Crippen LogP contribution in [0.25, 0.3) is 0 Å². The van der Waals surface area contributed by atoms with Gasteiger partial charge in [-0.2, -0.15) is 0 Å². The van der Waals surface area contributed by atoms with Crippen molar-refractivity contribution in [3.63, 3.8) is 0 Å². The Hall–Kier alpha value is -2.99. The summed E-state index contributed by atoms with van der Waals surface area (Å²) in [5.74, 6) is 0.133. The number of nitrogens with zero attached hydrogens (tertiary/aromatic N) is 2. The Bertz CT molecular complexity index is 872. The predicted octanol–water partition coefficient (Wildman–Crippen LogP) is 4.19. The molecule has 0 spiro atoms. The Balaban J connectivity index is 1.60. The lowest BCUT2D eigenvalue weighted by Gasteiger charge is -2.07. The van der Waals surface area contributed by atoms with E-state index < -0.39 is 5.82 Å². The van der Waals surface area contributed by atoms with Crippen LogP contribution in [0.2, 0.25) is 5.02 Å². The van der Waals surface area contributed by atoms with Crippen molar-refractivity contribution in [2.75, 3.05) is 10.6 Å². The summed E-state index contributed by atoms with van der Waals surface area (Å²) < 4.78 is 13.1.